The highest BCUT2D eigenvalue weighted by Crippen LogP contribution is 2.16. The number of benzene rings is 1. The van der Waals surface area contributed by atoms with E-state index in [0.717, 1.165) is 16.9 Å². The minimum atomic E-state index is -0.102. The molecule has 0 bridgehead atoms. The van der Waals surface area contributed by atoms with E-state index in [-0.39, 0.29) is 5.91 Å². The van der Waals surface area contributed by atoms with Gasteiger partial charge in [0, 0.05) is 19.2 Å². The first-order valence-electron chi connectivity index (χ1n) is 5.45. The van der Waals surface area contributed by atoms with Crippen LogP contribution >= 0.6 is 0 Å². The van der Waals surface area contributed by atoms with Crippen molar-refractivity contribution >= 4 is 16.9 Å². The second kappa shape index (κ2) is 4.41. The Kier molecular flexibility index (Phi) is 2.95. The number of hydrogen-bond donors (Lipinski definition) is 1. The Morgan fingerprint density at radius 1 is 1.59 bits per heavy atom. The van der Waals surface area contributed by atoms with Crippen LogP contribution in [0.4, 0.5) is 0 Å². The molecule has 0 aliphatic carbocycles. The minimum absolute atomic E-state index is 0.102. The van der Waals surface area contributed by atoms with Crippen LogP contribution in [0.5, 0.6) is 0 Å². The van der Waals surface area contributed by atoms with Gasteiger partial charge in [0.2, 0.25) is 0 Å². The molecular weight excluding hydrogens is 214 g/mol. The van der Waals surface area contributed by atoms with E-state index in [1.165, 1.54) is 0 Å². The monoisotopic (exact) mass is 229 g/mol. The minimum Gasteiger partial charge on any atom is -0.349 e. The first-order chi connectivity index (χ1) is 8.13. The highest BCUT2D eigenvalue weighted by atomic mass is 16.1. The number of imidazole rings is 1. The Balaban J connectivity index is 2.38. The van der Waals surface area contributed by atoms with Crippen molar-refractivity contribution in [3.63, 3.8) is 0 Å². The predicted octanol–water partition coefficient (Wildman–Crippen LogP) is 1.80. The van der Waals surface area contributed by atoms with Crippen molar-refractivity contribution in [2.45, 2.75) is 6.92 Å². The lowest BCUT2D eigenvalue weighted by Crippen LogP contribution is -2.23. The second-order valence-electron chi connectivity index (χ2n) is 3.92. The summed E-state index contributed by atoms with van der Waals surface area (Å²) >= 11 is 0. The van der Waals surface area contributed by atoms with E-state index < -0.39 is 0 Å². The van der Waals surface area contributed by atoms with Crippen molar-refractivity contribution < 1.29 is 4.79 Å². The molecule has 0 radical (unpaired) electrons. The van der Waals surface area contributed by atoms with Crippen molar-refractivity contribution in [2.75, 3.05) is 6.54 Å². The van der Waals surface area contributed by atoms with Gasteiger partial charge in [-0.15, -0.1) is 6.58 Å². The number of aromatic nitrogens is 2. The van der Waals surface area contributed by atoms with E-state index in [9.17, 15) is 4.79 Å². The standard InChI is InChI=1S/C13H15N3O/c1-4-7-14-13(17)10-5-6-12-11(8-10)15-9(2)16(12)3/h4-6,8H,1,7H2,2-3H3,(H,14,17). The Labute approximate surface area is 100.0 Å². The fraction of sp³-hybridized carbons (Fsp3) is 0.231. The molecule has 0 aliphatic rings. The zero-order valence-electron chi connectivity index (χ0n) is 10.0. The number of carbonyl (C=O) groups is 1. The molecule has 0 fully saturated rings. The zero-order chi connectivity index (χ0) is 12.4. The number of hydrogen-bond acceptors (Lipinski definition) is 2. The Bertz CT molecular complexity index is 584. The van der Waals surface area contributed by atoms with Gasteiger partial charge in [-0.25, -0.2) is 4.98 Å². The molecule has 4 heteroatoms. The number of amides is 1. The first-order valence-corrected chi connectivity index (χ1v) is 5.45. The topological polar surface area (TPSA) is 46.9 Å². The summed E-state index contributed by atoms with van der Waals surface area (Å²) in [7, 11) is 1.96. The average Bonchev–Trinajstić information content (AvgIpc) is 2.61. The largest absolute Gasteiger partial charge is 0.349 e. The molecule has 0 unspecified atom stereocenters. The molecule has 2 rings (SSSR count). The van der Waals surface area contributed by atoms with Gasteiger partial charge in [0.15, 0.2) is 0 Å². The maximum atomic E-state index is 11.7. The van der Waals surface area contributed by atoms with Gasteiger partial charge in [-0.05, 0) is 25.1 Å². The molecular formula is C13H15N3O. The van der Waals surface area contributed by atoms with Gasteiger partial charge in [-0.1, -0.05) is 6.08 Å². The molecule has 0 spiro atoms. The van der Waals surface area contributed by atoms with E-state index >= 15 is 0 Å². The summed E-state index contributed by atoms with van der Waals surface area (Å²) in [4.78, 5) is 16.1. The highest BCUT2D eigenvalue weighted by molar-refractivity contribution is 5.97. The number of nitrogens with zero attached hydrogens (tertiary/aromatic N) is 2. The molecule has 1 aromatic carbocycles. The molecule has 0 atom stereocenters. The van der Waals surface area contributed by atoms with Crippen molar-refractivity contribution in [3.8, 4) is 0 Å². The molecule has 88 valence electrons. The van der Waals surface area contributed by atoms with Crippen LogP contribution in [0.25, 0.3) is 11.0 Å². The molecule has 0 saturated carbocycles. The van der Waals surface area contributed by atoms with Crippen LogP contribution in [0.15, 0.2) is 30.9 Å². The molecule has 1 amide bonds. The van der Waals surface area contributed by atoms with Crippen LogP contribution in [0, 0.1) is 6.92 Å². The van der Waals surface area contributed by atoms with Crippen LogP contribution < -0.4 is 5.32 Å². The van der Waals surface area contributed by atoms with E-state index in [1.807, 2.05) is 30.7 Å². The number of carbonyl (C=O) groups excluding carboxylic acids is 1. The lowest BCUT2D eigenvalue weighted by Gasteiger charge is -2.02. The van der Waals surface area contributed by atoms with Crippen LogP contribution in [0.1, 0.15) is 16.2 Å². The summed E-state index contributed by atoms with van der Waals surface area (Å²) in [5.74, 6) is 0.832. The summed E-state index contributed by atoms with van der Waals surface area (Å²) in [5.41, 5.74) is 2.50. The molecule has 1 N–H and O–H groups in total. The quantitative estimate of drug-likeness (QED) is 0.816. The number of nitrogens with one attached hydrogen (secondary N) is 1. The van der Waals surface area contributed by atoms with Crippen molar-refractivity contribution in [1.82, 2.24) is 14.9 Å². The normalized spacial score (nSPS) is 10.5. The van der Waals surface area contributed by atoms with Gasteiger partial charge in [0.1, 0.15) is 5.82 Å². The fourth-order valence-electron chi connectivity index (χ4n) is 1.73. The Hall–Kier alpha value is -2.10. The van der Waals surface area contributed by atoms with E-state index in [4.69, 9.17) is 0 Å². The molecule has 2 aromatic rings. The van der Waals surface area contributed by atoms with Crippen LogP contribution in [-0.2, 0) is 7.05 Å². The number of rotatable bonds is 3. The van der Waals surface area contributed by atoms with Gasteiger partial charge in [-0.3, -0.25) is 4.79 Å². The summed E-state index contributed by atoms with van der Waals surface area (Å²) in [6.07, 6.45) is 1.65. The third kappa shape index (κ3) is 2.06. The summed E-state index contributed by atoms with van der Waals surface area (Å²) < 4.78 is 2.00. The van der Waals surface area contributed by atoms with Gasteiger partial charge in [0.25, 0.3) is 5.91 Å². The van der Waals surface area contributed by atoms with Gasteiger partial charge >= 0.3 is 0 Å². The predicted molar refractivity (Wildman–Crippen MR) is 68.0 cm³/mol. The van der Waals surface area contributed by atoms with Gasteiger partial charge < -0.3 is 9.88 Å². The van der Waals surface area contributed by atoms with Crippen molar-refractivity contribution in [1.29, 1.82) is 0 Å². The first kappa shape index (κ1) is 11.4. The van der Waals surface area contributed by atoms with E-state index in [1.54, 1.807) is 12.1 Å². The maximum absolute atomic E-state index is 11.7. The highest BCUT2D eigenvalue weighted by Gasteiger charge is 2.08. The average molecular weight is 229 g/mol. The van der Waals surface area contributed by atoms with Crippen LogP contribution in [0.2, 0.25) is 0 Å². The molecule has 0 aliphatic heterocycles. The Morgan fingerprint density at radius 2 is 2.35 bits per heavy atom. The number of fused-ring (bicyclic) bond motifs is 1. The molecule has 4 nitrogen and oxygen atoms in total. The van der Waals surface area contributed by atoms with Crippen LogP contribution in [-0.4, -0.2) is 22.0 Å². The maximum Gasteiger partial charge on any atom is 0.251 e. The SMILES string of the molecule is C=CCNC(=O)c1ccc2c(c1)nc(C)n2C. The smallest absolute Gasteiger partial charge is 0.251 e. The molecule has 17 heavy (non-hydrogen) atoms. The molecule has 1 heterocycles. The van der Waals surface area contributed by atoms with Crippen LogP contribution in [0.3, 0.4) is 0 Å². The fourth-order valence-corrected chi connectivity index (χ4v) is 1.73. The molecule has 1 aromatic heterocycles. The summed E-state index contributed by atoms with van der Waals surface area (Å²) in [6.45, 7) is 5.97. The lowest BCUT2D eigenvalue weighted by atomic mass is 10.2. The van der Waals surface area contributed by atoms with Gasteiger partial charge in [-0.2, -0.15) is 0 Å². The summed E-state index contributed by atoms with van der Waals surface area (Å²) in [5, 5.41) is 2.74. The van der Waals surface area contributed by atoms with E-state index in [2.05, 4.69) is 16.9 Å². The lowest BCUT2D eigenvalue weighted by molar-refractivity contribution is 0.0958. The molecule has 0 saturated heterocycles. The van der Waals surface area contributed by atoms with Gasteiger partial charge in [0.05, 0.1) is 11.0 Å². The Morgan fingerprint density at radius 3 is 3.06 bits per heavy atom. The second-order valence-corrected chi connectivity index (χ2v) is 3.92. The van der Waals surface area contributed by atoms with E-state index in [0.29, 0.717) is 12.1 Å². The summed E-state index contributed by atoms with van der Waals surface area (Å²) in [6, 6.07) is 5.53. The van der Waals surface area contributed by atoms with Crippen molar-refractivity contribution in [2.24, 2.45) is 7.05 Å². The third-order valence-electron chi connectivity index (χ3n) is 2.77. The zero-order valence-corrected chi connectivity index (χ0v) is 10.0. The van der Waals surface area contributed by atoms with Crippen molar-refractivity contribution in [3.05, 3.63) is 42.2 Å². The number of aryl methyl sites for hydroxylation is 2. The third-order valence-corrected chi connectivity index (χ3v) is 2.77.